The molecule has 5 nitrogen and oxygen atoms in total. The third-order valence-corrected chi connectivity index (χ3v) is 5.03. The summed E-state index contributed by atoms with van der Waals surface area (Å²) in [6.45, 7) is 4.86. The molecule has 0 bridgehead atoms. The van der Waals surface area contributed by atoms with Crippen LogP contribution in [0, 0.1) is 5.41 Å². The van der Waals surface area contributed by atoms with Crippen molar-refractivity contribution in [2.45, 2.75) is 39.0 Å². The van der Waals surface area contributed by atoms with E-state index in [4.69, 9.17) is 4.74 Å². The number of nitrogens with one attached hydrogen (secondary N) is 1. The Morgan fingerprint density at radius 3 is 2.82 bits per heavy atom. The van der Waals surface area contributed by atoms with Gasteiger partial charge in [0.25, 0.3) is 5.91 Å². The van der Waals surface area contributed by atoms with Crippen LogP contribution in [0.4, 0.5) is 0 Å². The summed E-state index contributed by atoms with van der Waals surface area (Å²) in [5.41, 5.74) is 1.09. The van der Waals surface area contributed by atoms with Crippen molar-refractivity contribution in [1.82, 2.24) is 14.9 Å². The Kier molecular flexibility index (Phi) is 4.22. The quantitative estimate of drug-likeness (QED) is 0.921. The molecule has 1 aromatic heterocycles. The average molecular weight is 317 g/mol. The molecular weight excluding hydrogens is 298 g/mol. The molecule has 1 saturated carbocycles. The zero-order chi connectivity index (χ0) is 15.6. The number of hydrogen-bond donors (Lipinski definition) is 1. The molecular formula is C16H19N3O2S. The monoisotopic (exact) mass is 317 g/mol. The summed E-state index contributed by atoms with van der Waals surface area (Å²) in [6.07, 6.45) is 2.48. The normalized spacial score (nSPS) is 22.8. The number of rotatable bonds is 5. The van der Waals surface area contributed by atoms with Crippen LogP contribution in [-0.4, -0.2) is 27.6 Å². The molecule has 0 saturated heterocycles. The lowest BCUT2D eigenvalue weighted by Gasteiger charge is -2.51. The molecule has 1 aliphatic carbocycles. The Bertz CT molecular complexity index is 628. The van der Waals surface area contributed by atoms with Gasteiger partial charge in [0.15, 0.2) is 0 Å². The third-order valence-electron chi connectivity index (χ3n) is 4.36. The predicted molar refractivity (Wildman–Crippen MR) is 84.6 cm³/mol. The summed E-state index contributed by atoms with van der Waals surface area (Å²) < 4.78 is 9.72. The maximum absolute atomic E-state index is 12.1. The van der Waals surface area contributed by atoms with Crippen molar-refractivity contribution in [1.29, 1.82) is 0 Å². The zero-order valence-electron chi connectivity index (χ0n) is 12.7. The lowest BCUT2D eigenvalue weighted by Crippen LogP contribution is -2.61. The lowest BCUT2D eigenvalue weighted by molar-refractivity contribution is -0.122. The van der Waals surface area contributed by atoms with E-state index >= 15 is 0 Å². The summed E-state index contributed by atoms with van der Waals surface area (Å²) in [5.74, 6) is -0.102. The second kappa shape index (κ2) is 6.14. The SMILES string of the molecule is CC1(C)[C@@H](OCc2ccccc2)C[C@H]1NC(=O)c1cnns1. The van der Waals surface area contributed by atoms with E-state index in [0.717, 1.165) is 18.0 Å². The van der Waals surface area contributed by atoms with E-state index < -0.39 is 0 Å². The van der Waals surface area contributed by atoms with E-state index in [9.17, 15) is 4.79 Å². The van der Waals surface area contributed by atoms with Gasteiger partial charge in [0.2, 0.25) is 0 Å². The molecule has 1 aromatic carbocycles. The molecule has 0 spiro atoms. The van der Waals surface area contributed by atoms with E-state index in [-0.39, 0.29) is 23.5 Å². The lowest BCUT2D eigenvalue weighted by atomic mass is 9.64. The third kappa shape index (κ3) is 3.03. The van der Waals surface area contributed by atoms with Gasteiger partial charge in [0, 0.05) is 11.5 Å². The van der Waals surface area contributed by atoms with Gasteiger partial charge in [-0.15, -0.1) is 5.10 Å². The summed E-state index contributed by atoms with van der Waals surface area (Å²) in [5, 5.41) is 6.74. The first kappa shape index (κ1) is 15.1. The number of nitrogens with zero attached hydrogens (tertiary/aromatic N) is 2. The average Bonchev–Trinajstić information content (AvgIpc) is 3.05. The van der Waals surface area contributed by atoms with Crippen molar-refractivity contribution < 1.29 is 9.53 Å². The molecule has 0 unspecified atom stereocenters. The number of carbonyl (C=O) groups is 1. The molecule has 2 atom stereocenters. The van der Waals surface area contributed by atoms with Gasteiger partial charge < -0.3 is 10.1 Å². The minimum atomic E-state index is -0.102. The minimum Gasteiger partial charge on any atom is -0.373 e. The van der Waals surface area contributed by atoms with Crippen LogP contribution in [0.2, 0.25) is 0 Å². The Morgan fingerprint density at radius 2 is 2.18 bits per heavy atom. The van der Waals surface area contributed by atoms with Crippen molar-refractivity contribution >= 4 is 17.4 Å². The van der Waals surface area contributed by atoms with Crippen molar-refractivity contribution in [2.24, 2.45) is 5.41 Å². The molecule has 22 heavy (non-hydrogen) atoms. The molecule has 1 fully saturated rings. The standard InChI is InChI=1S/C16H19N3O2S/c1-16(2)13(18-15(20)12-9-17-19-22-12)8-14(16)21-10-11-6-4-3-5-7-11/h3-7,9,13-14H,8,10H2,1-2H3,(H,18,20)/t13-,14+/m1/s1. The molecule has 1 amide bonds. The van der Waals surface area contributed by atoms with Gasteiger partial charge in [0.05, 0.1) is 18.9 Å². The van der Waals surface area contributed by atoms with Gasteiger partial charge in [-0.3, -0.25) is 4.79 Å². The summed E-state index contributed by atoms with van der Waals surface area (Å²) in [4.78, 5) is 12.6. The van der Waals surface area contributed by atoms with Crippen molar-refractivity contribution in [3.8, 4) is 0 Å². The van der Waals surface area contributed by atoms with Gasteiger partial charge >= 0.3 is 0 Å². The van der Waals surface area contributed by atoms with Gasteiger partial charge in [0.1, 0.15) is 4.88 Å². The Labute approximate surface area is 133 Å². The molecule has 1 aliphatic rings. The topological polar surface area (TPSA) is 64.1 Å². The molecule has 3 rings (SSSR count). The fourth-order valence-corrected chi connectivity index (χ4v) is 3.10. The fourth-order valence-electron chi connectivity index (χ4n) is 2.68. The second-order valence-electron chi connectivity index (χ2n) is 6.15. The van der Waals surface area contributed by atoms with Gasteiger partial charge in [-0.25, -0.2) is 0 Å². The summed E-state index contributed by atoms with van der Waals surface area (Å²) >= 11 is 1.11. The number of amides is 1. The van der Waals surface area contributed by atoms with E-state index in [1.807, 2.05) is 18.2 Å². The van der Waals surface area contributed by atoms with Gasteiger partial charge in [-0.1, -0.05) is 48.7 Å². The van der Waals surface area contributed by atoms with E-state index in [2.05, 4.69) is 40.9 Å². The maximum atomic E-state index is 12.1. The highest BCUT2D eigenvalue weighted by Crippen LogP contribution is 2.43. The highest BCUT2D eigenvalue weighted by atomic mass is 32.1. The van der Waals surface area contributed by atoms with Gasteiger partial charge in [-0.2, -0.15) is 0 Å². The van der Waals surface area contributed by atoms with Crippen LogP contribution < -0.4 is 5.32 Å². The molecule has 1 N–H and O–H groups in total. The molecule has 6 heteroatoms. The molecule has 1 heterocycles. The van der Waals surface area contributed by atoms with E-state index in [1.54, 1.807) is 0 Å². The van der Waals surface area contributed by atoms with Crippen LogP contribution in [0.1, 0.15) is 35.5 Å². The molecule has 0 aliphatic heterocycles. The van der Waals surface area contributed by atoms with Gasteiger partial charge in [-0.05, 0) is 23.5 Å². The van der Waals surface area contributed by atoms with Crippen molar-refractivity contribution in [2.75, 3.05) is 0 Å². The van der Waals surface area contributed by atoms with Crippen LogP contribution in [0.5, 0.6) is 0 Å². The number of benzene rings is 1. The highest BCUT2D eigenvalue weighted by Gasteiger charge is 2.49. The maximum Gasteiger partial charge on any atom is 0.264 e. The minimum absolute atomic E-state index is 0.0808. The molecule has 2 aromatic rings. The van der Waals surface area contributed by atoms with Crippen molar-refractivity contribution in [3.63, 3.8) is 0 Å². The Balaban J connectivity index is 1.52. The molecule has 0 radical (unpaired) electrons. The summed E-state index contributed by atoms with van der Waals surface area (Å²) in [6, 6.07) is 10.2. The second-order valence-corrected chi connectivity index (χ2v) is 6.94. The van der Waals surface area contributed by atoms with Crippen LogP contribution in [0.3, 0.4) is 0 Å². The van der Waals surface area contributed by atoms with E-state index in [1.165, 1.54) is 11.8 Å². The first-order chi connectivity index (χ1) is 10.6. The smallest absolute Gasteiger partial charge is 0.264 e. The summed E-state index contributed by atoms with van der Waals surface area (Å²) in [7, 11) is 0. The largest absolute Gasteiger partial charge is 0.373 e. The highest BCUT2D eigenvalue weighted by molar-refractivity contribution is 7.07. The number of carbonyl (C=O) groups excluding carboxylic acids is 1. The van der Waals surface area contributed by atoms with Crippen LogP contribution in [-0.2, 0) is 11.3 Å². The predicted octanol–water partition coefficient (Wildman–Crippen LogP) is 2.65. The number of aromatic nitrogens is 2. The first-order valence-electron chi connectivity index (χ1n) is 7.31. The number of ether oxygens (including phenoxy) is 1. The first-order valence-corrected chi connectivity index (χ1v) is 8.08. The van der Waals surface area contributed by atoms with E-state index in [0.29, 0.717) is 11.5 Å². The van der Waals surface area contributed by atoms with Crippen LogP contribution in [0.25, 0.3) is 0 Å². The fraction of sp³-hybridized carbons (Fsp3) is 0.438. The van der Waals surface area contributed by atoms with Crippen molar-refractivity contribution in [3.05, 3.63) is 47.0 Å². The number of hydrogen-bond acceptors (Lipinski definition) is 5. The Morgan fingerprint density at radius 1 is 1.41 bits per heavy atom. The zero-order valence-corrected chi connectivity index (χ0v) is 13.5. The van der Waals surface area contributed by atoms with Crippen LogP contribution in [0.15, 0.2) is 36.5 Å². The Hall–Kier alpha value is -1.79. The molecule has 116 valence electrons. The van der Waals surface area contributed by atoms with Crippen LogP contribution >= 0.6 is 11.5 Å².